The summed E-state index contributed by atoms with van der Waals surface area (Å²) in [5, 5.41) is 23.9. The van der Waals surface area contributed by atoms with Crippen LogP contribution in [0.3, 0.4) is 0 Å². The van der Waals surface area contributed by atoms with Gasteiger partial charge in [-0.2, -0.15) is 5.10 Å². The van der Waals surface area contributed by atoms with Gasteiger partial charge >= 0.3 is 0 Å². The van der Waals surface area contributed by atoms with E-state index in [0.29, 0.717) is 47.2 Å². The second-order valence-corrected chi connectivity index (χ2v) is 10.9. The largest absolute Gasteiger partial charge is 0.488 e. The molecule has 2 aliphatic rings. The van der Waals surface area contributed by atoms with E-state index in [0.717, 1.165) is 6.20 Å². The lowest BCUT2D eigenvalue weighted by atomic mass is 9.98. The maximum Gasteiger partial charge on any atom is 0.282 e. The molecule has 0 aliphatic carbocycles. The first-order valence-corrected chi connectivity index (χ1v) is 13.2. The molecule has 4 aromatic rings. The average molecular weight is 578 g/mol. The molecule has 2 fully saturated rings. The number of nitrogens with zero attached hydrogens (tertiary/aromatic N) is 7. The van der Waals surface area contributed by atoms with Crippen molar-refractivity contribution in [2.45, 2.75) is 43.9 Å². The summed E-state index contributed by atoms with van der Waals surface area (Å²) in [5.74, 6) is -3.25. The van der Waals surface area contributed by atoms with Crippen molar-refractivity contribution < 1.29 is 27.8 Å². The highest BCUT2D eigenvalue weighted by Gasteiger charge is 2.49. The zero-order valence-corrected chi connectivity index (χ0v) is 22.5. The maximum atomic E-state index is 15.3. The zero-order valence-electron chi connectivity index (χ0n) is 21.8. The summed E-state index contributed by atoms with van der Waals surface area (Å²) in [6.07, 6.45) is 4.34. The van der Waals surface area contributed by atoms with Gasteiger partial charge in [0.05, 0.1) is 54.6 Å². The molecule has 0 amide bonds. The molecule has 6 rings (SSSR count). The molecule has 6 heterocycles. The third-order valence-electron chi connectivity index (χ3n) is 7.54. The zero-order chi connectivity index (χ0) is 28.2. The lowest BCUT2D eigenvalue weighted by Gasteiger charge is -2.44. The van der Waals surface area contributed by atoms with Gasteiger partial charge in [0.15, 0.2) is 0 Å². The highest BCUT2D eigenvalue weighted by atomic mass is 35.5. The van der Waals surface area contributed by atoms with Crippen molar-refractivity contribution >= 4 is 17.1 Å². The number of fused-ring (bicyclic) bond motifs is 1. The number of rotatable bonds is 7. The van der Waals surface area contributed by atoms with E-state index in [2.05, 4.69) is 20.4 Å². The highest BCUT2D eigenvalue weighted by Crippen LogP contribution is 2.40. The van der Waals surface area contributed by atoms with E-state index in [1.54, 1.807) is 24.1 Å². The fourth-order valence-electron chi connectivity index (χ4n) is 5.18. The fraction of sp³-hybridized carbons (Fsp3) is 0.462. The van der Waals surface area contributed by atoms with Crippen molar-refractivity contribution in [2.24, 2.45) is 0 Å². The number of piperidine rings is 1. The Bertz CT molecular complexity index is 1540. The molecule has 0 bridgehead atoms. The third-order valence-corrected chi connectivity index (χ3v) is 7.82. The summed E-state index contributed by atoms with van der Waals surface area (Å²) < 4.78 is 57.9. The Morgan fingerprint density at radius 1 is 1.27 bits per heavy atom. The number of hydrogen-bond acceptors (Lipinski definition) is 8. The van der Waals surface area contributed by atoms with Crippen LogP contribution < -0.4 is 4.74 Å². The predicted molar refractivity (Wildman–Crippen MR) is 138 cm³/mol. The molecule has 1 unspecified atom stereocenters. The number of halogens is 4. The second kappa shape index (κ2) is 9.98. The second-order valence-electron chi connectivity index (χ2n) is 10.5. The Hall–Kier alpha value is -3.26. The van der Waals surface area contributed by atoms with Gasteiger partial charge in [-0.15, -0.1) is 5.10 Å². The smallest absolute Gasteiger partial charge is 0.282 e. The maximum absolute atomic E-state index is 15.3. The van der Waals surface area contributed by atoms with Crippen LogP contribution in [0, 0.1) is 12.7 Å². The predicted octanol–water partition coefficient (Wildman–Crippen LogP) is 3.66. The van der Waals surface area contributed by atoms with Crippen LogP contribution in [0.25, 0.3) is 16.8 Å². The summed E-state index contributed by atoms with van der Waals surface area (Å²) >= 11 is 6.37. The minimum absolute atomic E-state index is 0.0323. The summed E-state index contributed by atoms with van der Waals surface area (Å²) in [6, 6.07) is 3.12. The van der Waals surface area contributed by atoms with E-state index in [4.69, 9.17) is 21.1 Å². The molecule has 0 aromatic carbocycles. The number of ether oxygens (including phenoxy) is 2. The summed E-state index contributed by atoms with van der Waals surface area (Å²) in [5.41, 5.74) is 0.469. The first-order chi connectivity index (χ1) is 19.0. The van der Waals surface area contributed by atoms with E-state index in [1.165, 1.54) is 34.5 Å². The topological polar surface area (TPSA) is 103 Å². The van der Waals surface area contributed by atoms with Crippen molar-refractivity contribution in [3.05, 3.63) is 59.0 Å². The number of alkyl halides is 2. The number of aromatic nitrogens is 6. The highest BCUT2D eigenvalue weighted by molar-refractivity contribution is 6.34. The number of aliphatic hydroxyl groups is 1. The van der Waals surface area contributed by atoms with Gasteiger partial charge in [-0.3, -0.25) is 9.88 Å². The third kappa shape index (κ3) is 4.80. The van der Waals surface area contributed by atoms with Crippen LogP contribution in [-0.2, 0) is 10.3 Å². The lowest BCUT2D eigenvalue weighted by molar-refractivity contribution is -0.150. The van der Waals surface area contributed by atoms with Crippen LogP contribution in [0.2, 0.25) is 5.02 Å². The van der Waals surface area contributed by atoms with E-state index in [-0.39, 0.29) is 37.1 Å². The molecule has 0 spiro atoms. The molecule has 2 atom stereocenters. The van der Waals surface area contributed by atoms with Crippen molar-refractivity contribution in [3.63, 3.8) is 0 Å². The van der Waals surface area contributed by atoms with Gasteiger partial charge in [0.25, 0.3) is 5.92 Å². The lowest BCUT2D eigenvalue weighted by Crippen LogP contribution is -2.58. The van der Waals surface area contributed by atoms with Crippen LogP contribution in [0.4, 0.5) is 13.2 Å². The van der Waals surface area contributed by atoms with E-state index < -0.39 is 23.4 Å². The van der Waals surface area contributed by atoms with Crippen molar-refractivity contribution in [2.75, 3.05) is 32.9 Å². The van der Waals surface area contributed by atoms with E-state index >= 15 is 8.78 Å². The Labute approximate surface area is 232 Å². The normalized spacial score (nSPS) is 21.3. The van der Waals surface area contributed by atoms with Gasteiger partial charge in [0, 0.05) is 18.3 Å². The van der Waals surface area contributed by atoms with Gasteiger partial charge in [-0.05, 0) is 38.5 Å². The average Bonchev–Trinajstić information content (AvgIpc) is 3.44. The molecule has 212 valence electrons. The van der Waals surface area contributed by atoms with Crippen LogP contribution in [0.15, 0.2) is 36.8 Å². The number of hydrogen-bond donors (Lipinski definition) is 1. The Morgan fingerprint density at radius 2 is 2.08 bits per heavy atom. The first-order valence-electron chi connectivity index (χ1n) is 12.8. The molecule has 2 aliphatic heterocycles. The number of pyridine rings is 2. The first kappa shape index (κ1) is 26.9. The molecule has 40 heavy (non-hydrogen) atoms. The Morgan fingerprint density at radius 3 is 2.75 bits per heavy atom. The van der Waals surface area contributed by atoms with Gasteiger partial charge in [-0.1, -0.05) is 16.8 Å². The van der Waals surface area contributed by atoms with Crippen molar-refractivity contribution in [1.82, 2.24) is 34.5 Å². The standard InChI is InChI=1S/C26H27ClF3N7O3/c1-15-23(33-34-37(15)22-5-6-35(13-26(22,29)30)18-11-39-12-18)16-7-20(24-19(27)9-32-36(24)10-16)40-14-25(2,38)21-4-3-17(28)8-31-21/h3-4,7-10,18,22,38H,5-6,11-14H2,1-2H3/t22-,25?/m1/s1. The summed E-state index contributed by atoms with van der Waals surface area (Å²) in [4.78, 5) is 5.73. The SMILES string of the molecule is Cc1c(-c2cc(OCC(C)(O)c3ccc(F)cn3)c3c(Cl)cnn3c2)nnn1[C@@H]1CCN(C2COC2)CC1(F)F. The fourth-order valence-corrected chi connectivity index (χ4v) is 5.40. The van der Waals surface area contributed by atoms with Gasteiger partial charge < -0.3 is 14.6 Å². The van der Waals surface area contributed by atoms with Gasteiger partial charge in [-0.25, -0.2) is 22.4 Å². The summed E-state index contributed by atoms with van der Waals surface area (Å²) in [6.45, 7) is 4.06. The van der Waals surface area contributed by atoms with Crippen LogP contribution in [0.1, 0.15) is 30.8 Å². The molecule has 2 saturated heterocycles. The molecule has 0 radical (unpaired) electrons. The van der Waals surface area contributed by atoms with Crippen LogP contribution >= 0.6 is 11.6 Å². The molecule has 10 nitrogen and oxygen atoms in total. The Kier molecular flexibility index (Phi) is 6.72. The van der Waals surface area contributed by atoms with E-state index in [9.17, 15) is 9.50 Å². The minimum atomic E-state index is -3.00. The van der Waals surface area contributed by atoms with Gasteiger partial charge in [0.2, 0.25) is 0 Å². The summed E-state index contributed by atoms with van der Waals surface area (Å²) in [7, 11) is 0. The quantitative estimate of drug-likeness (QED) is 0.355. The molecular weight excluding hydrogens is 551 g/mol. The van der Waals surface area contributed by atoms with Crippen molar-refractivity contribution in [1.29, 1.82) is 0 Å². The van der Waals surface area contributed by atoms with Gasteiger partial charge in [0.1, 0.15) is 41.0 Å². The molecule has 0 saturated carbocycles. The van der Waals surface area contributed by atoms with Crippen LogP contribution in [0.5, 0.6) is 5.75 Å². The molecule has 14 heteroatoms. The van der Waals surface area contributed by atoms with Crippen molar-refractivity contribution in [3.8, 4) is 17.0 Å². The molecular formula is C26H27ClF3N7O3. The molecule has 4 aromatic heterocycles. The minimum Gasteiger partial charge on any atom is -0.488 e. The van der Waals surface area contributed by atoms with Crippen LogP contribution in [-0.4, -0.2) is 84.5 Å². The number of likely N-dealkylation sites (tertiary alicyclic amines) is 1. The van der Waals surface area contributed by atoms with E-state index in [1.807, 2.05) is 0 Å². The molecule has 1 N–H and O–H groups in total. The monoisotopic (exact) mass is 577 g/mol. The Balaban J connectivity index is 1.29.